The predicted molar refractivity (Wildman–Crippen MR) is 107 cm³/mol. The second-order valence-electron chi connectivity index (χ2n) is 7.02. The fraction of sp³-hybridized carbons (Fsp3) is 0.350. The molecule has 3 rings (SSSR count). The van der Waals surface area contributed by atoms with E-state index >= 15 is 0 Å². The maximum atomic E-state index is 13.9. The van der Waals surface area contributed by atoms with Crippen molar-refractivity contribution in [2.24, 2.45) is 0 Å². The minimum Gasteiger partial charge on any atom is -0.744 e. The van der Waals surface area contributed by atoms with Crippen LogP contribution in [0.4, 0.5) is 13.2 Å². The third kappa shape index (κ3) is 4.87. The summed E-state index contributed by atoms with van der Waals surface area (Å²) in [4.78, 5) is 2.37. The molecule has 1 heterocycles. The molecule has 0 aliphatic carbocycles. The second kappa shape index (κ2) is 8.78. The highest BCUT2D eigenvalue weighted by Crippen LogP contribution is 2.41. The van der Waals surface area contributed by atoms with E-state index in [0.717, 1.165) is 12.5 Å². The SMILES string of the molecule is CCCOC[n+]1c(C)[nH]c2c(Cc3ccccc3S(=O)(=O)[O-])c(C(F)(F)F)c(Cl)cc21. The number of hydrogen-bond acceptors (Lipinski definition) is 4. The van der Waals surface area contributed by atoms with Crippen LogP contribution < -0.4 is 4.57 Å². The van der Waals surface area contributed by atoms with Crippen molar-refractivity contribution in [3.8, 4) is 0 Å². The highest BCUT2D eigenvalue weighted by Gasteiger charge is 2.39. The molecule has 0 bridgehead atoms. The third-order valence-corrected chi connectivity index (χ3v) is 6.06. The van der Waals surface area contributed by atoms with Gasteiger partial charge in [0.1, 0.15) is 10.1 Å². The molecule has 3 aromatic rings. The van der Waals surface area contributed by atoms with Crippen molar-refractivity contribution in [1.82, 2.24) is 4.98 Å². The summed E-state index contributed by atoms with van der Waals surface area (Å²) in [5.74, 6) is 0.535. The lowest BCUT2D eigenvalue weighted by atomic mass is 9.97. The Hall–Kier alpha value is -2.14. The molecular formula is C20H20ClF3N2O4S. The first-order valence-corrected chi connectivity index (χ1v) is 11.2. The summed E-state index contributed by atoms with van der Waals surface area (Å²) < 4.78 is 83.8. The van der Waals surface area contributed by atoms with Crippen molar-refractivity contribution >= 4 is 32.8 Å². The van der Waals surface area contributed by atoms with Gasteiger partial charge in [-0.25, -0.2) is 18.0 Å². The monoisotopic (exact) mass is 476 g/mol. The Kier molecular flexibility index (Phi) is 6.66. The van der Waals surface area contributed by atoms with Crippen LogP contribution in [0.15, 0.2) is 35.2 Å². The number of halogens is 4. The maximum absolute atomic E-state index is 13.9. The van der Waals surface area contributed by atoms with Gasteiger partial charge >= 0.3 is 6.18 Å². The highest BCUT2D eigenvalue weighted by atomic mass is 35.5. The number of aryl methyl sites for hydroxylation is 1. The smallest absolute Gasteiger partial charge is 0.418 e. The van der Waals surface area contributed by atoms with Gasteiger partial charge in [0, 0.05) is 25.0 Å². The topological polar surface area (TPSA) is 86.1 Å². The van der Waals surface area contributed by atoms with Gasteiger partial charge in [-0.1, -0.05) is 36.7 Å². The molecule has 2 aromatic carbocycles. The molecule has 0 atom stereocenters. The molecule has 0 saturated carbocycles. The molecule has 6 nitrogen and oxygen atoms in total. The van der Waals surface area contributed by atoms with E-state index in [9.17, 15) is 26.1 Å². The van der Waals surface area contributed by atoms with Crippen LogP contribution in [0.3, 0.4) is 0 Å². The highest BCUT2D eigenvalue weighted by molar-refractivity contribution is 7.85. The number of fused-ring (bicyclic) bond motifs is 1. The first-order valence-electron chi connectivity index (χ1n) is 9.37. The summed E-state index contributed by atoms with van der Waals surface area (Å²) >= 11 is 6.06. The molecule has 31 heavy (non-hydrogen) atoms. The molecule has 0 radical (unpaired) electrons. The lowest BCUT2D eigenvalue weighted by Gasteiger charge is -2.17. The summed E-state index contributed by atoms with van der Waals surface area (Å²) in [6.45, 7) is 4.18. The zero-order valence-corrected chi connectivity index (χ0v) is 18.3. The largest absolute Gasteiger partial charge is 0.744 e. The standard InChI is InChI=1S/C20H20ClF3N2O4S/c1-3-8-30-11-26-12(2)25-19-14(18(20(22,23)24)15(21)10-16(19)26)9-13-6-4-5-7-17(13)31(27,28)29/h4-7,10H,3,8-9,11H2,1-2H3,(H,27,28,29). The molecule has 0 unspecified atom stereocenters. The van der Waals surface area contributed by atoms with Gasteiger partial charge in [-0.15, -0.1) is 0 Å². The first kappa shape index (κ1) is 23.5. The van der Waals surface area contributed by atoms with Gasteiger partial charge in [-0.2, -0.15) is 13.2 Å². The molecule has 1 aromatic heterocycles. The van der Waals surface area contributed by atoms with E-state index in [1.807, 2.05) is 6.92 Å². The molecule has 0 aliphatic heterocycles. The van der Waals surface area contributed by atoms with Crippen LogP contribution >= 0.6 is 11.6 Å². The van der Waals surface area contributed by atoms with E-state index in [0.29, 0.717) is 17.9 Å². The minimum absolute atomic E-state index is 0.0485. The Bertz CT molecular complexity index is 1220. The zero-order valence-electron chi connectivity index (χ0n) is 16.7. The van der Waals surface area contributed by atoms with Crippen molar-refractivity contribution in [2.45, 2.75) is 44.5 Å². The van der Waals surface area contributed by atoms with Crippen LogP contribution in [0.5, 0.6) is 0 Å². The van der Waals surface area contributed by atoms with Crippen LogP contribution in [-0.4, -0.2) is 24.6 Å². The quantitative estimate of drug-likeness (QED) is 0.313. The van der Waals surface area contributed by atoms with Gasteiger partial charge in [0.2, 0.25) is 0 Å². The van der Waals surface area contributed by atoms with E-state index in [2.05, 4.69) is 4.98 Å². The lowest BCUT2D eigenvalue weighted by Crippen LogP contribution is -2.37. The Morgan fingerprint density at radius 2 is 1.94 bits per heavy atom. The number of benzene rings is 2. The van der Waals surface area contributed by atoms with Crippen molar-refractivity contribution < 1.29 is 35.4 Å². The number of rotatable bonds is 7. The summed E-state index contributed by atoms with van der Waals surface area (Å²) in [7, 11) is -4.88. The number of alkyl halides is 3. The number of aromatic nitrogens is 2. The number of H-pyrrole nitrogens is 1. The van der Waals surface area contributed by atoms with Crippen molar-refractivity contribution in [1.29, 1.82) is 0 Å². The number of ether oxygens (including phenoxy) is 1. The van der Waals surface area contributed by atoms with E-state index in [-0.39, 0.29) is 23.4 Å². The van der Waals surface area contributed by atoms with E-state index in [1.165, 1.54) is 24.3 Å². The van der Waals surface area contributed by atoms with Gasteiger partial charge in [0.15, 0.2) is 17.8 Å². The Morgan fingerprint density at radius 1 is 1.26 bits per heavy atom. The minimum atomic E-state index is -4.88. The number of hydrogen-bond donors (Lipinski definition) is 1. The lowest BCUT2D eigenvalue weighted by molar-refractivity contribution is -0.714. The molecule has 1 N–H and O–H groups in total. The van der Waals surface area contributed by atoms with Gasteiger partial charge < -0.3 is 9.29 Å². The van der Waals surface area contributed by atoms with Crippen LogP contribution in [0.25, 0.3) is 11.0 Å². The first-order chi connectivity index (χ1) is 14.4. The average molecular weight is 477 g/mol. The summed E-state index contributed by atoms with van der Waals surface area (Å²) in [5.41, 5.74) is -0.852. The maximum Gasteiger partial charge on any atom is 0.418 e. The van der Waals surface area contributed by atoms with Crippen molar-refractivity contribution in [3.05, 3.63) is 57.9 Å². The van der Waals surface area contributed by atoms with Crippen LogP contribution in [-0.2, 0) is 34.2 Å². The fourth-order valence-corrected chi connectivity index (χ4v) is 4.53. The van der Waals surface area contributed by atoms with Gasteiger partial charge in [0.25, 0.3) is 5.82 Å². The molecule has 0 spiro atoms. The predicted octanol–water partition coefficient (Wildman–Crippen LogP) is 4.32. The fourth-order valence-electron chi connectivity index (χ4n) is 3.50. The molecule has 168 valence electrons. The van der Waals surface area contributed by atoms with Crippen molar-refractivity contribution in [2.75, 3.05) is 6.61 Å². The van der Waals surface area contributed by atoms with E-state index in [1.54, 1.807) is 11.5 Å². The normalized spacial score (nSPS) is 12.6. The van der Waals surface area contributed by atoms with E-state index < -0.39 is 38.2 Å². The summed E-state index contributed by atoms with van der Waals surface area (Å²) in [6, 6.07) is 6.39. The average Bonchev–Trinajstić information content (AvgIpc) is 2.96. The van der Waals surface area contributed by atoms with Crippen molar-refractivity contribution in [3.63, 3.8) is 0 Å². The Labute approximate surface area is 182 Å². The Morgan fingerprint density at radius 3 is 2.55 bits per heavy atom. The molecule has 11 heteroatoms. The summed E-state index contributed by atoms with van der Waals surface area (Å²) in [6.07, 6.45) is -4.49. The number of nitrogens with one attached hydrogen (secondary N) is 1. The molecular weight excluding hydrogens is 457 g/mol. The number of nitrogens with zero attached hydrogens (tertiary/aromatic N) is 1. The summed E-state index contributed by atoms with van der Waals surface area (Å²) in [5, 5.41) is -0.527. The Balaban J connectivity index is 2.27. The molecule has 0 fully saturated rings. The zero-order chi connectivity index (χ0) is 23.0. The van der Waals surface area contributed by atoms with Crippen LogP contribution in [0.1, 0.15) is 35.9 Å². The van der Waals surface area contributed by atoms with Gasteiger partial charge in [0.05, 0.1) is 22.1 Å². The van der Waals surface area contributed by atoms with E-state index in [4.69, 9.17) is 16.3 Å². The molecule has 0 aliphatic rings. The van der Waals surface area contributed by atoms with Gasteiger partial charge in [-0.05, 0) is 18.1 Å². The third-order valence-electron chi connectivity index (χ3n) is 4.83. The van der Waals surface area contributed by atoms with Crippen LogP contribution in [0.2, 0.25) is 5.02 Å². The van der Waals surface area contributed by atoms with Crippen LogP contribution in [0, 0.1) is 6.92 Å². The molecule has 0 saturated heterocycles. The number of imidazole rings is 1. The van der Waals surface area contributed by atoms with Gasteiger partial charge in [-0.3, -0.25) is 0 Å². The number of aromatic amines is 1. The molecule has 0 amide bonds. The second-order valence-corrected chi connectivity index (χ2v) is 8.77.